The average Bonchev–Trinajstić information content (AvgIpc) is 3.50. The number of benzene rings is 2. The molecule has 0 radical (unpaired) electrons. The van der Waals surface area contributed by atoms with Crippen LogP contribution in [0.2, 0.25) is 0 Å². The fourth-order valence-corrected chi connectivity index (χ4v) is 4.64. The van der Waals surface area contributed by atoms with Gasteiger partial charge in [-0.1, -0.05) is 30.3 Å². The number of para-hydroxylation sites is 1. The van der Waals surface area contributed by atoms with Gasteiger partial charge in [-0.05, 0) is 74.1 Å². The van der Waals surface area contributed by atoms with E-state index >= 15 is 0 Å². The Labute approximate surface area is 200 Å². The minimum atomic E-state index is -0.0191. The van der Waals surface area contributed by atoms with Crippen molar-refractivity contribution in [2.75, 3.05) is 11.4 Å². The van der Waals surface area contributed by atoms with Crippen LogP contribution in [0.4, 0.5) is 5.69 Å². The first-order chi connectivity index (χ1) is 16.6. The number of anilines is 1. The van der Waals surface area contributed by atoms with E-state index in [4.69, 9.17) is 4.42 Å². The number of furan rings is 1. The zero-order valence-electron chi connectivity index (χ0n) is 19.6. The molecule has 6 nitrogen and oxygen atoms in total. The maximum Gasteiger partial charge on any atom is 0.251 e. The lowest BCUT2D eigenvalue weighted by atomic mass is 9.96. The molecule has 2 heterocycles. The molecule has 1 atom stereocenters. The van der Waals surface area contributed by atoms with Crippen LogP contribution in [0.3, 0.4) is 0 Å². The molecule has 1 aliphatic carbocycles. The summed E-state index contributed by atoms with van der Waals surface area (Å²) < 4.78 is 5.58. The van der Waals surface area contributed by atoms with Crippen LogP contribution in [0.1, 0.15) is 53.4 Å². The van der Waals surface area contributed by atoms with E-state index in [-0.39, 0.29) is 24.4 Å². The van der Waals surface area contributed by atoms with Gasteiger partial charge in [-0.25, -0.2) is 0 Å². The SMILES string of the molecule is CC1CCc2ccccc2N1C(=O)CN(Cc1ccc(C(=O)NC2CC2)cc1)Cc1ccco1. The molecular weight excluding hydrogens is 426 g/mol. The van der Waals surface area contributed by atoms with Gasteiger partial charge in [-0.15, -0.1) is 0 Å². The molecule has 0 saturated heterocycles. The van der Waals surface area contributed by atoms with Crippen molar-refractivity contribution in [1.29, 1.82) is 0 Å². The van der Waals surface area contributed by atoms with Crippen molar-refractivity contribution in [3.8, 4) is 0 Å². The van der Waals surface area contributed by atoms with E-state index in [1.165, 1.54) is 5.56 Å². The van der Waals surface area contributed by atoms with E-state index < -0.39 is 0 Å². The van der Waals surface area contributed by atoms with Gasteiger partial charge in [0.05, 0.1) is 19.4 Å². The molecule has 5 rings (SSSR count). The smallest absolute Gasteiger partial charge is 0.251 e. The molecule has 1 aromatic heterocycles. The topological polar surface area (TPSA) is 65.8 Å². The standard InChI is InChI=1S/C28H31N3O3/c1-20-8-11-22-5-2-3-7-26(22)31(20)27(32)19-30(18-25-6-4-16-34-25)17-21-9-12-23(13-10-21)28(33)29-24-14-15-24/h2-7,9-10,12-13,16,20,24H,8,11,14-15,17-19H2,1H3,(H,29,33). The third-order valence-electron chi connectivity index (χ3n) is 6.65. The zero-order valence-corrected chi connectivity index (χ0v) is 19.6. The Hall–Kier alpha value is -3.38. The monoisotopic (exact) mass is 457 g/mol. The number of aryl methyl sites for hydroxylation is 1. The lowest BCUT2D eigenvalue weighted by Crippen LogP contribution is -2.46. The van der Waals surface area contributed by atoms with Crippen LogP contribution < -0.4 is 10.2 Å². The first-order valence-electron chi connectivity index (χ1n) is 12.1. The van der Waals surface area contributed by atoms with Crippen LogP contribution >= 0.6 is 0 Å². The Morgan fingerprint density at radius 1 is 1.00 bits per heavy atom. The number of fused-ring (bicyclic) bond motifs is 1. The van der Waals surface area contributed by atoms with Crippen molar-refractivity contribution in [3.05, 3.63) is 89.4 Å². The van der Waals surface area contributed by atoms with E-state index in [1.54, 1.807) is 6.26 Å². The average molecular weight is 458 g/mol. The van der Waals surface area contributed by atoms with Crippen molar-refractivity contribution in [1.82, 2.24) is 10.2 Å². The molecule has 3 aromatic rings. The number of carbonyl (C=O) groups excluding carboxylic acids is 2. The summed E-state index contributed by atoms with van der Waals surface area (Å²) in [6.07, 6.45) is 5.76. The first-order valence-corrected chi connectivity index (χ1v) is 12.1. The third-order valence-corrected chi connectivity index (χ3v) is 6.65. The van der Waals surface area contributed by atoms with Gasteiger partial charge < -0.3 is 14.6 Å². The molecule has 1 aliphatic heterocycles. The maximum absolute atomic E-state index is 13.6. The maximum atomic E-state index is 13.6. The van der Waals surface area contributed by atoms with Gasteiger partial charge in [0, 0.05) is 29.9 Å². The summed E-state index contributed by atoms with van der Waals surface area (Å²) in [7, 11) is 0. The molecule has 1 unspecified atom stereocenters. The van der Waals surface area contributed by atoms with Crippen LogP contribution in [-0.4, -0.2) is 35.3 Å². The predicted octanol–water partition coefficient (Wildman–Crippen LogP) is 4.54. The molecule has 176 valence electrons. The Morgan fingerprint density at radius 2 is 1.79 bits per heavy atom. The van der Waals surface area contributed by atoms with Gasteiger partial charge in [-0.2, -0.15) is 0 Å². The van der Waals surface area contributed by atoms with Crippen LogP contribution in [0, 0.1) is 0 Å². The number of hydrogen-bond acceptors (Lipinski definition) is 4. The van der Waals surface area contributed by atoms with Crippen LogP contribution in [0.15, 0.2) is 71.3 Å². The van der Waals surface area contributed by atoms with Crippen LogP contribution in [0.25, 0.3) is 0 Å². The molecule has 1 N–H and O–H groups in total. The number of carbonyl (C=O) groups is 2. The second-order valence-electron chi connectivity index (χ2n) is 9.45. The highest BCUT2D eigenvalue weighted by Gasteiger charge is 2.29. The molecule has 0 bridgehead atoms. The van der Waals surface area contributed by atoms with Crippen LogP contribution in [-0.2, 0) is 24.3 Å². The quantitative estimate of drug-likeness (QED) is 0.539. The van der Waals surface area contributed by atoms with Gasteiger partial charge >= 0.3 is 0 Å². The summed E-state index contributed by atoms with van der Waals surface area (Å²) >= 11 is 0. The summed E-state index contributed by atoms with van der Waals surface area (Å²) in [4.78, 5) is 29.9. The summed E-state index contributed by atoms with van der Waals surface area (Å²) in [5.74, 6) is 0.890. The van der Waals surface area contributed by atoms with E-state index in [2.05, 4.69) is 23.2 Å². The highest BCUT2D eigenvalue weighted by atomic mass is 16.3. The molecule has 2 aromatic carbocycles. The minimum Gasteiger partial charge on any atom is -0.468 e. The number of nitrogens with zero attached hydrogens (tertiary/aromatic N) is 2. The molecule has 2 amide bonds. The Kier molecular flexibility index (Phi) is 6.50. The summed E-state index contributed by atoms with van der Waals surface area (Å²) in [5.41, 5.74) is 3.97. The fraction of sp³-hybridized carbons (Fsp3) is 0.357. The molecule has 2 aliphatic rings. The Bertz CT molecular complexity index is 1140. The number of hydrogen-bond donors (Lipinski definition) is 1. The highest BCUT2D eigenvalue weighted by Crippen LogP contribution is 2.30. The second kappa shape index (κ2) is 9.85. The van der Waals surface area contributed by atoms with E-state index in [1.807, 2.05) is 59.5 Å². The van der Waals surface area contributed by atoms with Gasteiger partial charge in [-0.3, -0.25) is 14.5 Å². The zero-order chi connectivity index (χ0) is 23.5. The summed E-state index contributed by atoms with van der Waals surface area (Å²) in [6, 6.07) is 20.2. The largest absolute Gasteiger partial charge is 0.468 e. The lowest BCUT2D eigenvalue weighted by molar-refractivity contribution is -0.120. The molecule has 6 heteroatoms. The second-order valence-corrected chi connectivity index (χ2v) is 9.45. The molecule has 0 spiro atoms. The third kappa shape index (κ3) is 5.23. The normalized spacial score (nSPS) is 17.5. The summed E-state index contributed by atoms with van der Waals surface area (Å²) in [5, 5.41) is 3.02. The summed E-state index contributed by atoms with van der Waals surface area (Å²) in [6.45, 7) is 3.52. The van der Waals surface area contributed by atoms with E-state index in [9.17, 15) is 9.59 Å². The van der Waals surface area contributed by atoms with Crippen molar-refractivity contribution >= 4 is 17.5 Å². The first kappa shape index (κ1) is 22.4. The Morgan fingerprint density at radius 3 is 2.53 bits per heavy atom. The molecule has 34 heavy (non-hydrogen) atoms. The van der Waals surface area contributed by atoms with Gasteiger partial charge in [0.25, 0.3) is 5.91 Å². The molecule has 1 saturated carbocycles. The lowest BCUT2D eigenvalue weighted by Gasteiger charge is -2.36. The van der Waals surface area contributed by atoms with Crippen molar-refractivity contribution in [2.45, 2.75) is 57.8 Å². The fourth-order valence-electron chi connectivity index (χ4n) is 4.64. The van der Waals surface area contributed by atoms with Gasteiger partial charge in [0.1, 0.15) is 5.76 Å². The molecular formula is C28H31N3O3. The number of amides is 2. The van der Waals surface area contributed by atoms with Crippen LogP contribution in [0.5, 0.6) is 0 Å². The van der Waals surface area contributed by atoms with Gasteiger partial charge in [0.2, 0.25) is 5.91 Å². The van der Waals surface area contributed by atoms with Crippen molar-refractivity contribution in [2.24, 2.45) is 0 Å². The van der Waals surface area contributed by atoms with Crippen molar-refractivity contribution < 1.29 is 14.0 Å². The predicted molar refractivity (Wildman–Crippen MR) is 131 cm³/mol. The molecule has 1 fully saturated rings. The van der Waals surface area contributed by atoms with E-state index in [0.29, 0.717) is 24.7 Å². The highest BCUT2D eigenvalue weighted by molar-refractivity contribution is 5.96. The number of nitrogens with one attached hydrogen (secondary N) is 1. The van der Waals surface area contributed by atoms with Crippen molar-refractivity contribution in [3.63, 3.8) is 0 Å². The van der Waals surface area contributed by atoms with Gasteiger partial charge in [0.15, 0.2) is 0 Å². The number of rotatable bonds is 8. The van der Waals surface area contributed by atoms with E-state index in [0.717, 1.165) is 42.7 Å². The Balaban J connectivity index is 1.31. The minimum absolute atomic E-state index is 0.0191.